The van der Waals surface area contributed by atoms with Crippen molar-refractivity contribution < 1.29 is 27.4 Å². The van der Waals surface area contributed by atoms with Gasteiger partial charge in [-0.15, -0.1) is 0 Å². The Labute approximate surface area is 145 Å². The third kappa shape index (κ3) is 3.39. The van der Waals surface area contributed by atoms with E-state index >= 15 is 0 Å². The van der Waals surface area contributed by atoms with Gasteiger partial charge >= 0.3 is 0 Å². The van der Waals surface area contributed by atoms with Crippen LogP contribution in [0.5, 0.6) is 5.88 Å². The molecule has 1 unspecified atom stereocenters. The highest BCUT2D eigenvalue weighted by atomic mass is 19.3. The molecule has 0 aliphatic carbocycles. The van der Waals surface area contributed by atoms with Crippen molar-refractivity contribution >= 4 is 11.6 Å². The van der Waals surface area contributed by atoms with Crippen molar-refractivity contribution in [1.29, 1.82) is 0 Å². The van der Waals surface area contributed by atoms with Gasteiger partial charge in [0.15, 0.2) is 11.2 Å². The van der Waals surface area contributed by atoms with E-state index in [1.807, 2.05) is 0 Å². The van der Waals surface area contributed by atoms with Crippen LogP contribution in [0, 0.1) is 0 Å². The van der Waals surface area contributed by atoms with E-state index in [0.717, 1.165) is 23.1 Å². The second kappa shape index (κ2) is 7.36. The van der Waals surface area contributed by atoms with Crippen LogP contribution in [0.3, 0.4) is 0 Å². The Morgan fingerprint density at radius 1 is 1.42 bits per heavy atom. The summed E-state index contributed by atoms with van der Waals surface area (Å²) in [6, 6.07) is 1.65. The Morgan fingerprint density at radius 2 is 2.12 bits per heavy atom. The molecule has 0 aromatic carbocycles. The zero-order valence-corrected chi connectivity index (χ0v) is 13.8. The van der Waals surface area contributed by atoms with Crippen LogP contribution in [-0.4, -0.2) is 53.5 Å². The molecule has 11 heteroatoms. The molecule has 0 radical (unpaired) electrons. The van der Waals surface area contributed by atoms with Gasteiger partial charge in [-0.1, -0.05) is 0 Å². The van der Waals surface area contributed by atoms with Gasteiger partial charge in [-0.2, -0.15) is 4.98 Å². The van der Waals surface area contributed by atoms with Gasteiger partial charge in [-0.25, -0.2) is 17.7 Å². The highest BCUT2D eigenvalue weighted by Gasteiger charge is 2.28. The zero-order valence-electron chi connectivity index (χ0n) is 13.8. The van der Waals surface area contributed by atoms with Crippen LogP contribution in [0.1, 0.15) is 34.8 Å². The molecule has 1 aliphatic heterocycles. The molecule has 0 spiro atoms. The van der Waals surface area contributed by atoms with E-state index < -0.39 is 29.8 Å². The van der Waals surface area contributed by atoms with Crippen molar-refractivity contribution in [3.8, 4) is 5.88 Å². The summed E-state index contributed by atoms with van der Waals surface area (Å²) in [5.41, 5.74) is -0.596. The third-order valence-electron chi connectivity index (χ3n) is 4.17. The number of rotatable bonds is 5. The second-order valence-corrected chi connectivity index (χ2v) is 5.80. The first kappa shape index (κ1) is 18.2. The lowest BCUT2D eigenvalue weighted by molar-refractivity contribution is 0.0285. The number of amides is 1. The van der Waals surface area contributed by atoms with Crippen LogP contribution >= 0.6 is 0 Å². The predicted octanol–water partition coefficient (Wildman–Crippen LogP) is 1.22. The fourth-order valence-corrected chi connectivity index (χ4v) is 2.84. The molecular formula is C15H17F3N4O4. The van der Waals surface area contributed by atoms with Crippen molar-refractivity contribution in [2.24, 2.45) is 0 Å². The average molecular weight is 374 g/mol. The molecule has 3 rings (SSSR count). The molecule has 1 fully saturated rings. The number of nitrogens with one attached hydrogen (secondary N) is 2. The van der Waals surface area contributed by atoms with E-state index in [4.69, 9.17) is 9.47 Å². The largest absolute Gasteiger partial charge is 0.480 e. The molecule has 142 valence electrons. The van der Waals surface area contributed by atoms with Crippen LogP contribution in [0.4, 0.5) is 13.2 Å². The number of H-pyrrole nitrogens is 1. The molecule has 2 aromatic heterocycles. The number of methoxy groups -OCH3 is 1. The van der Waals surface area contributed by atoms with Gasteiger partial charge in [0.1, 0.15) is 0 Å². The molecule has 0 saturated carbocycles. The molecule has 1 atom stereocenters. The van der Waals surface area contributed by atoms with Gasteiger partial charge in [-0.3, -0.25) is 14.7 Å². The maximum Gasteiger partial charge on any atom is 0.289 e. The van der Waals surface area contributed by atoms with E-state index in [1.165, 1.54) is 12.4 Å². The molecule has 2 aromatic rings. The molecule has 1 aliphatic rings. The summed E-state index contributed by atoms with van der Waals surface area (Å²) in [6.07, 6.45) is -4.82. The Balaban J connectivity index is 2.01. The SMILES string of the molecule is COc1nc2cc(C3CCOCC3)[nH]n2c(=O)c1C(=O)NC(F)C(F)F. The molecule has 1 amide bonds. The summed E-state index contributed by atoms with van der Waals surface area (Å²) in [6.45, 7) is 1.18. The number of ether oxygens (including phenoxy) is 2. The van der Waals surface area contributed by atoms with Crippen molar-refractivity contribution in [1.82, 2.24) is 19.9 Å². The Hall–Kier alpha value is -2.56. The first-order valence-corrected chi connectivity index (χ1v) is 7.93. The maximum absolute atomic E-state index is 13.1. The smallest absolute Gasteiger partial charge is 0.289 e. The van der Waals surface area contributed by atoms with Crippen molar-refractivity contribution in [2.45, 2.75) is 31.5 Å². The molecule has 26 heavy (non-hydrogen) atoms. The minimum Gasteiger partial charge on any atom is -0.480 e. The van der Waals surface area contributed by atoms with Crippen LogP contribution in [0.25, 0.3) is 5.65 Å². The van der Waals surface area contributed by atoms with Crippen molar-refractivity contribution in [2.75, 3.05) is 20.3 Å². The van der Waals surface area contributed by atoms with Gasteiger partial charge in [0.25, 0.3) is 17.9 Å². The number of fused-ring (bicyclic) bond motifs is 1. The summed E-state index contributed by atoms with van der Waals surface area (Å²) < 4.78 is 49.0. The fraction of sp³-hybridized carbons (Fsp3) is 0.533. The highest BCUT2D eigenvalue weighted by molar-refractivity contribution is 5.96. The Bertz CT molecular complexity index is 860. The number of alkyl halides is 3. The van der Waals surface area contributed by atoms with E-state index in [-0.39, 0.29) is 17.4 Å². The van der Waals surface area contributed by atoms with Crippen molar-refractivity contribution in [3.05, 3.63) is 27.7 Å². The van der Waals surface area contributed by atoms with Crippen LogP contribution in [0.15, 0.2) is 10.9 Å². The highest BCUT2D eigenvalue weighted by Crippen LogP contribution is 2.26. The fourth-order valence-electron chi connectivity index (χ4n) is 2.84. The van der Waals surface area contributed by atoms with Gasteiger partial charge in [0.05, 0.1) is 7.11 Å². The molecule has 2 N–H and O–H groups in total. The lowest BCUT2D eigenvalue weighted by atomic mass is 9.97. The standard InChI is InChI=1S/C15H17F3N4O4/c1-25-14-10(13(23)20-12(18)11(16)17)15(24)22-9(19-14)6-8(21-22)7-2-4-26-5-3-7/h6-7,11-12,21H,2-5H2,1H3,(H,20,23). The van der Waals surface area contributed by atoms with Gasteiger partial charge in [-0.05, 0) is 12.8 Å². The Morgan fingerprint density at radius 3 is 2.73 bits per heavy atom. The lowest BCUT2D eigenvalue weighted by Crippen LogP contribution is -2.40. The zero-order chi connectivity index (χ0) is 18.8. The average Bonchev–Trinajstić information content (AvgIpc) is 3.06. The normalized spacial score (nSPS) is 16.8. The summed E-state index contributed by atoms with van der Waals surface area (Å²) >= 11 is 0. The van der Waals surface area contributed by atoms with E-state index in [9.17, 15) is 22.8 Å². The topological polar surface area (TPSA) is 97.7 Å². The van der Waals surface area contributed by atoms with Crippen LogP contribution < -0.4 is 15.6 Å². The minimum absolute atomic E-state index is 0.127. The summed E-state index contributed by atoms with van der Waals surface area (Å²) in [5.74, 6) is -1.57. The summed E-state index contributed by atoms with van der Waals surface area (Å²) in [7, 11) is 1.17. The number of carbonyl (C=O) groups excluding carboxylic acids is 1. The van der Waals surface area contributed by atoms with Gasteiger partial charge < -0.3 is 14.8 Å². The second-order valence-electron chi connectivity index (χ2n) is 5.80. The number of nitrogens with zero attached hydrogens (tertiary/aromatic N) is 2. The maximum atomic E-state index is 13.1. The minimum atomic E-state index is -3.42. The number of hydrogen-bond acceptors (Lipinski definition) is 5. The molecule has 1 saturated heterocycles. The number of aromatic amines is 1. The first-order chi connectivity index (χ1) is 12.4. The van der Waals surface area contributed by atoms with Crippen LogP contribution in [0.2, 0.25) is 0 Å². The number of halogens is 3. The van der Waals surface area contributed by atoms with E-state index in [0.29, 0.717) is 13.2 Å². The quantitative estimate of drug-likeness (QED) is 0.767. The number of aromatic nitrogens is 3. The molecule has 8 nitrogen and oxygen atoms in total. The number of hydrogen-bond donors (Lipinski definition) is 2. The molecular weight excluding hydrogens is 357 g/mol. The lowest BCUT2D eigenvalue weighted by Gasteiger charge is -2.20. The molecule has 3 heterocycles. The third-order valence-corrected chi connectivity index (χ3v) is 4.17. The van der Waals surface area contributed by atoms with E-state index in [1.54, 1.807) is 6.07 Å². The van der Waals surface area contributed by atoms with Crippen LogP contribution in [-0.2, 0) is 4.74 Å². The first-order valence-electron chi connectivity index (χ1n) is 7.93. The Kier molecular flexibility index (Phi) is 5.16. The van der Waals surface area contributed by atoms with Crippen molar-refractivity contribution in [3.63, 3.8) is 0 Å². The molecule has 0 bridgehead atoms. The summed E-state index contributed by atoms with van der Waals surface area (Å²) in [5, 5.41) is 4.29. The monoisotopic (exact) mass is 374 g/mol. The summed E-state index contributed by atoms with van der Waals surface area (Å²) in [4.78, 5) is 28.7. The van der Waals surface area contributed by atoms with Gasteiger partial charge in [0.2, 0.25) is 12.2 Å². The van der Waals surface area contributed by atoms with E-state index in [2.05, 4.69) is 10.1 Å². The van der Waals surface area contributed by atoms with Gasteiger partial charge in [0, 0.05) is 30.9 Å². The predicted molar refractivity (Wildman–Crippen MR) is 83.5 cm³/mol. The number of carbonyl (C=O) groups is 1.